The normalized spacial score (nSPS) is 12.4. The van der Waals surface area contributed by atoms with Crippen molar-refractivity contribution in [1.29, 1.82) is 0 Å². The fourth-order valence-corrected chi connectivity index (χ4v) is 4.98. The zero-order valence-corrected chi connectivity index (χ0v) is 22.1. The van der Waals surface area contributed by atoms with Crippen LogP contribution in [-0.4, -0.2) is 24.5 Å². The fourth-order valence-electron chi connectivity index (χ4n) is 4.35. The molecule has 0 aliphatic heterocycles. The van der Waals surface area contributed by atoms with Gasteiger partial charge in [0.2, 0.25) is 0 Å². The van der Waals surface area contributed by atoms with E-state index in [0.29, 0.717) is 12.1 Å². The van der Waals surface area contributed by atoms with Gasteiger partial charge in [-0.3, -0.25) is 9.59 Å². The molecule has 0 spiro atoms. The van der Waals surface area contributed by atoms with E-state index in [9.17, 15) is 22.6 Å². The van der Waals surface area contributed by atoms with Crippen molar-refractivity contribution in [2.75, 3.05) is 11.1 Å². The van der Waals surface area contributed by atoms with Crippen LogP contribution in [0, 0.1) is 0 Å². The van der Waals surface area contributed by atoms with Crippen LogP contribution in [0.2, 0.25) is 0 Å². The summed E-state index contributed by atoms with van der Waals surface area (Å²) in [5, 5.41) is 3.05. The third-order valence-corrected chi connectivity index (χ3v) is 6.80. The fraction of sp³-hybridized carbons (Fsp3) is 0.0370. The average molecular weight is 507 g/mol. The van der Waals surface area contributed by atoms with Crippen LogP contribution in [0.25, 0.3) is 0 Å². The van der Waals surface area contributed by atoms with Crippen molar-refractivity contribution in [2.45, 2.75) is 11.3 Å². The Labute approximate surface area is 230 Å². The molecule has 174 valence electrons. The van der Waals surface area contributed by atoms with Gasteiger partial charge in [0.15, 0.2) is 11.6 Å². The topological polar surface area (TPSA) is 129 Å². The second-order valence-corrected chi connectivity index (χ2v) is 9.58. The number of benzene rings is 4. The minimum Gasteiger partial charge on any atom is -0.744 e. The summed E-state index contributed by atoms with van der Waals surface area (Å²) in [7, 11) is -5.03. The van der Waals surface area contributed by atoms with Crippen molar-refractivity contribution in [3.05, 3.63) is 118 Å². The largest absolute Gasteiger partial charge is 1.00 e. The molecule has 4 aromatic carbocycles. The molecule has 0 amide bonds. The third-order valence-electron chi connectivity index (χ3n) is 5.93. The Morgan fingerprint density at radius 2 is 1.33 bits per heavy atom. The number of rotatable bonds is 5. The Balaban J connectivity index is 0.00000304. The molecule has 4 aromatic rings. The number of hydrogen-bond donors (Lipinski definition) is 2. The molecule has 5 rings (SSSR count). The predicted octanol–water partition coefficient (Wildman–Crippen LogP) is 1.29. The van der Waals surface area contributed by atoms with Crippen LogP contribution >= 0.6 is 0 Å². The Hall–Kier alpha value is -3.27. The van der Waals surface area contributed by atoms with Crippen LogP contribution in [0.3, 0.4) is 0 Å². The molecule has 0 radical (unpaired) electrons. The molecule has 3 N–H and O–H groups in total. The molecule has 36 heavy (non-hydrogen) atoms. The molecule has 0 heterocycles. The standard InChI is InChI=1S/C27H20N2O5S.Na/c28-25-22(35(32,33)34)15-21(23-24(25)27(31)20-12-5-4-11-19(20)26(23)30)29-18-10-6-9-17(14-18)13-16-7-2-1-3-8-16;/h1-12,14-15,29H,13,28H2,(H,32,33,34);/q;+1/p-1. The SMILES string of the molecule is Nc1c(S(=O)(=O)[O-])cc(Nc2cccc(Cc3ccccc3)c2)c2c1C(=O)c1ccccc1C2=O.[Na+]. The first-order valence-corrected chi connectivity index (χ1v) is 12.2. The molecule has 0 saturated carbocycles. The van der Waals surface area contributed by atoms with E-state index in [4.69, 9.17) is 5.73 Å². The van der Waals surface area contributed by atoms with Crippen LogP contribution in [0.15, 0.2) is 89.8 Å². The van der Waals surface area contributed by atoms with Crippen LogP contribution in [-0.2, 0) is 16.5 Å². The summed E-state index contributed by atoms with van der Waals surface area (Å²) in [6.45, 7) is 0. The maximum Gasteiger partial charge on any atom is 1.00 e. The summed E-state index contributed by atoms with van der Waals surface area (Å²) >= 11 is 0. The minimum atomic E-state index is -5.03. The summed E-state index contributed by atoms with van der Waals surface area (Å²) in [4.78, 5) is 25.9. The monoisotopic (exact) mass is 506 g/mol. The van der Waals surface area contributed by atoms with E-state index in [1.54, 1.807) is 18.2 Å². The number of carbonyl (C=O) groups is 2. The van der Waals surface area contributed by atoms with Crippen molar-refractivity contribution in [3.8, 4) is 0 Å². The smallest absolute Gasteiger partial charge is 0.744 e. The van der Waals surface area contributed by atoms with Crippen LogP contribution in [0.5, 0.6) is 0 Å². The summed E-state index contributed by atoms with van der Waals surface area (Å²) in [5.74, 6) is -1.10. The molecule has 7 nitrogen and oxygen atoms in total. The van der Waals surface area contributed by atoms with Crippen molar-refractivity contribution in [1.82, 2.24) is 0 Å². The number of nitrogens with one attached hydrogen (secondary N) is 1. The van der Waals surface area contributed by atoms with Gasteiger partial charge in [0, 0.05) is 16.8 Å². The first kappa shape index (κ1) is 25.8. The number of ketones is 2. The van der Waals surface area contributed by atoms with Crippen molar-refractivity contribution >= 4 is 38.7 Å². The number of carbonyl (C=O) groups excluding carboxylic acids is 2. The molecular formula is C27H19N2NaO5S. The van der Waals surface area contributed by atoms with Gasteiger partial charge < -0.3 is 15.6 Å². The maximum atomic E-state index is 13.4. The van der Waals surface area contributed by atoms with E-state index < -0.39 is 32.3 Å². The first-order valence-electron chi connectivity index (χ1n) is 10.7. The van der Waals surface area contributed by atoms with Gasteiger partial charge in [-0.2, -0.15) is 0 Å². The molecule has 0 unspecified atom stereocenters. The van der Waals surface area contributed by atoms with Crippen molar-refractivity contribution in [3.63, 3.8) is 0 Å². The Morgan fingerprint density at radius 3 is 1.97 bits per heavy atom. The van der Waals surface area contributed by atoms with Gasteiger partial charge in [-0.15, -0.1) is 0 Å². The van der Waals surface area contributed by atoms with E-state index in [2.05, 4.69) is 5.32 Å². The van der Waals surface area contributed by atoms with Crippen molar-refractivity contribution < 1.29 is 52.1 Å². The second-order valence-electron chi connectivity index (χ2n) is 8.23. The van der Waals surface area contributed by atoms with Gasteiger partial charge in [-0.05, 0) is 35.7 Å². The molecule has 0 saturated heterocycles. The van der Waals surface area contributed by atoms with Gasteiger partial charge in [0.1, 0.15) is 10.1 Å². The van der Waals surface area contributed by atoms with Gasteiger partial charge in [0.05, 0.1) is 27.4 Å². The van der Waals surface area contributed by atoms with E-state index in [0.717, 1.165) is 17.2 Å². The Morgan fingerprint density at radius 1 is 0.750 bits per heavy atom. The molecule has 0 atom stereocenters. The summed E-state index contributed by atoms with van der Waals surface area (Å²) in [6, 6.07) is 24.4. The Kier molecular flexibility index (Phi) is 7.17. The molecular weight excluding hydrogens is 487 g/mol. The maximum absolute atomic E-state index is 13.4. The molecule has 9 heteroatoms. The first-order chi connectivity index (χ1) is 16.7. The molecule has 0 fully saturated rings. The van der Waals surface area contributed by atoms with Crippen molar-refractivity contribution in [2.24, 2.45) is 0 Å². The molecule has 0 aromatic heterocycles. The van der Waals surface area contributed by atoms with Gasteiger partial charge in [-0.1, -0.05) is 66.7 Å². The number of nitrogen functional groups attached to an aromatic ring is 1. The zero-order chi connectivity index (χ0) is 24.7. The molecule has 1 aliphatic carbocycles. The van der Waals surface area contributed by atoms with Crippen LogP contribution in [0.1, 0.15) is 43.0 Å². The number of hydrogen-bond acceptors (Lipinski definition) is 7. The van der Waals surface area contributed by atoms with Gasteiger partial charge >= 0.3 is 29.6 Å². The van der Waals surface area contributed by atoms with Gasteiger partial charge in [0.25, 0.3) is 0 Å². The summed E-state index contributed by atoms with van der Waals surface area (Å²) in [6.07, 6.45) is 0.654. The average Bonchev–Trinajstić information content (AvgIpc) is 2.83. The molecule has 0 bridgehead atoms. The van der Waals surface area contributed by atoms with E-state index in [1.807, 2.05) is 48.5 Å². The minimum absolute atomic E-state index is 0. The Bertz CT molecular complexity index is 1620. The quantitative estimate of drug-likeness (QED) is 0.209. The summed E-state index contributed by atoms with van der Waals surface area (Å²) in [5.41, 5.74) is 8.06. The van der Waals surface area contributed by atoms with E-state index in [1.165, 1.54) is 12.1 Å². The van der Waals surface area contributed by atoms with Crippen LogP contribution < -0.4 is 40.6 Å². The summed E-state index contributed by atoms with van der Waals surface area (Å²) < 4.78 is 35.9. The predicted molar refractivity (Wildman–Crippen MR) is 131 cm³/mol. The molecule has 1 aliphatic rings. The second kappa shape index (κ2) is 10.0. The third kappa shape index (κ3) is 4.74. The van der Waals surface area contributed by atoms with E-state index >= 15 is 0 Å². The number of fused-ring (bicyclic) bond motifs is 2. The number of anilines is 3. The number of nitrogens with two attached hydrogens (primary N) is 1. The van der Waals surface area contributed by atoms with E-state index in [-0.39, 0.29) is 57.5 Å². The van der Waals surface area contributed by atoms with Crippen LogP contribution in [0.4, 0.5) is 17.1 Å². The van der Waals surface area contributed by atoms with Gasteiger partial charge in [-0.25, -0.2) is 8.42 Å². The zero-order valence-electron chi connectivity index (χ0n) is 19.3.